The van der Waals surface area contributed by atoms with Crippen molar-refractivity contribution >= 4 is 40.5 Å². The largest absolute Gasteiger partial charge is 0.356 e. The van der Waals surface area contributed by atoms with Crippen LogP contribution in [0.15, 0.2) is 71.7 Å². The molecule has 3 aromatic carbocycles. The van der Waals surface area contributed by atoms with Crippen molar-refractivity contribution in [2.24, 2.45) is 4.99 Å². The molecule has 0 aliphatic carbocycles. The number of hydrogen-bond acceptors (Lipinski definition) is 6. The van der Waals surface area contributed by atoms with Gasteiger partial charge in [0.25, 0.3) is 0 Å². The molecule has 5 rings (SSSR count). The average molecular weight is 585 g/mol. The van der Waals surface area contributed by atoms with Gasteiger partial charge in [-0.3, -0.25) is 24.3 Å². The van der Waals surface area contributed by atoms with E-state index in [9.17, 15) is 18.8 Å². The quantitative estimate of drug-likeness (QED) is 0.375. The number of amides is 3. The summed E-state index contributed by atoms with van der Waals surface area (Å²) < 4.78 is 13.9. The summed E-state index contributed by atoms with van der Waals surface area (Å²) in [4.78, 5) is 48.4. The first kappa shape index (κ1) is 30.1. The van der Waals surface area contributed by atoms with E-state index in [1.54, 1.807) is 18.0 Å². The first-order valence-corrected chi connectivity index (χ1v) is 14.5. The molecule has 0 bridgehead atoms. The number of anilines is 2. The smallest absolute Gasteiger partial charge is 0.240 e. The van der Waals surface area contributed by atoms with Gasteiger partial charge in [0.2, 0.25) is 17.7 Å². The van der Waals surface area contributed by atoms with Gasteiger partial charge in [-0.1, -0.05) is 30.3 Å². The summed E-state index contributed by atoms with van der Waals surface area (Å²) in [6.07, 6.45) is 0.668. The van der Waals surface area contributed by atoms with Crippen LogP contribution in [-0.4, -0.2) is 86.6 Å². The van der Waals surface area contributed by atoms with Crippen molar-refractivity contribution < 1.29 is 18.8 Å². The number of hydrogen-bond donors (Lipinski definition) is 2. The second kappa shape index (κ2) is 13.3. The Hall–Kier alpha value is -4.41. The number of benzene rings is 3. The van der Waals surface area contributed by atoms with Crippen molar-refractivity contribution in [3.63, 3.8) is 0 Å². The topological polar surface area (TPSA) is 97.3 Å². The molecule has 3 aromatic rings. The van der Waals surface area contributed by atoms with Crippen LogP contribution in [0.3, 0.4) is 0 Å². The van der Waals surface area contributed by atoms with Crippen molar-refractivity contribution in [1.82, 2.24) is 15.1 Å². The van der Waals surface area contributed by atoms with Gasteiger partial charge < -0.3 is 20.4 Å². The zero-order valence-electron chi connectivity index (χ0n) is 24.8. The average Bonchev–Trinajstić information content (AvgIpc) is 3.31. The minimum atomic E-state index is -0.728. The zero-order valence-corrected chi connectivity index (χ0v) is 24.8. The maximum absolute atomic E-state index is 13.9. The minimum absolute atomic E-state index is 0.0200. The van der Waals surface area contributed by atoms with E-state index in [1.165, 1.54) is 19.1 Å². The highest BCUT2D eigenvalue weighted by molar-refractivity contribution is 6.24. The first-order chi connectivity index (χ1) is 20.7. The molecule has 1 fully saturated rings. The van der Waals surface area contributed by atoms with E-state index in [1.807, 2.05) is 48.5 Å². The van der Waals surface area contributed by atoms with Gasteiger partial charge in [0.05, 0.1) is 17.9 Å². The van der Waals surface area contributed by atoms with Crippen LogP contribution in [0, 0.1) is 5.82 Å². The van der Waals surface area contributed by atoms with E-state index in [0.29, 0.717) is 42.2 Å². The minimum Gasteiger partial charge on any atom is -0.356 e. The summed E-state index contributed by atoms with van der Waals surface area (Å²) in [5.41, 5.74) is 4.78. The molecule has 1 atom stereocenters. The lowest BCUT2D eigenvalue weighted by molar-refractivity contribution is -0.120. The number of likely N-dealkylation sites (N-methyl/N-ethyl adjacent to an activating group) is 2. The normalized spacial score (nSPS) is 17.3. The number of carbonyl (C=O) groups excluding carboxylic acids is 3. The van der Waals surface area contributed by atoms with Gasteiger partial charge in [-0.05, 0) is 66.6 Å². The maximum Gasteiger partial charge on any atom is 0.240 e. The summed E-state index contributed by atoms with van der Waals surface area (Å²) in [5, 5.41) is 5.59. The van der Waals surface area contributed by atoms with E-state index in [4.69, 9.17) is 4.99 Å². The predicted octanol–water partition coefficient (Wildman–Crippen LogP) is 3.57. The van der Waals surface area contributed by atoms with Crippen LogP contribution in [0.2, 0.25) is 0 Å². The second-order valence-electron chi connectivity index (χ2n) is 11.1. The molecule has 0 saturated carbocycles. The molecule has 1 saturated heterocycles. The summed E-state index contributed by atoms with van der Waals surface area (Å²) in [6.45, 7) is 6.01. The molecule has 10 heteroatoms. The Morgan fingerprint density at radius 2 is 1.72 bits per heavy atom. The van der Waals surface area contributed by atoms with Crippen molar-refractivity contribution in [2.75, 3.05) is 63.6 Å². The summed E-state index contributed by atoms with van der Waals surface area (Å²) in [5.74, 6) is -1.49. The van der Waals surface area contributed by atoms with Gasteiger partial charge in [-0.2, -0.15) is 0 Å². The molecular weight excluding hydrogens is 547 g/mol. The maximum atomic E-state index is 13.9. The van der Waals surface area contributed by atoms with E-state index < -0.39 is 11.7 Å². The fourth-order valence-electron chi connectivity index (χ4n) is 5.36. The van der Waals surface area contributed by atoms with E-state index in [0.717, 1.165) is 43.0 Å². The van der Waals surface area contributed by atoms with Gasteiger partial charge in [0.15, 0.2) is 0 Å². The third kappa shape index (κ3) is 7.33. The van der Waals surface area contributed by atoms with Gasteiger partial charge in [-0.25, -0.2) is 4.39 Å². The first-order valence-electron chi connectivity index (χ1n) is 14.5. The molecule has 2 heterocycles. The van der Waals surface area contributed by atoms with Crippen LogP contribution >= 0.6 is 0 Å². The summed E-state index contributed by atoms with van der Waals surface area (Å²) in [6, 6.07) is 19.4. The summed E-state index contributed by atoms with van der Waals surface area (Å²) >= 11 is 0. The SMILES string of the molecule is CC(=O)NCCc1ccc(C(=Nc2ccc(N(C)C(=O)CN3CCN(C)CC3)cc2)C2C(=O)Nc3cc(F)ccc32)cc1. The van der Waals surface area contributed by atoms with E-state index in [-0.39, 0.29) is 17.7 Å². The van der Waals surface area contributed by atoms with Crippen molar-refractivity contribution in [3.05, 3.63) is 89.2 Å². The third-order valence-corrected chi connectivity index (χ3v) is 7.97. The van der Waals surface area contributed by atoms with E-state index >= 15 is 0 Å². The highest BCUT2D eigenvalue weighted by Gasteiger charge is 2.35. The Kier molecular flexibility index (Phi) is 9.27. The molecule has 1 unspecified atom stereocenters. The Bertz CT molecular complexity index is 1510. The van der Waals surface area contributed by atoms with Gasteiger partial charge in [-0.15, -0.1) is 0 Å². The van der Waals surface area contributed by atoms with Crippen molar-refractivity contribution in [3.8, 4) is 0 Å². The van der Waals surface area contributed by atoms with Crippen LogP contribution < -0.4 is 15.5 Å². The standard InChI is InChI=1S/C33H37FN6O3/c1-22(41)35-15-14-23-4-6-24(7-5-23)32(31-28-13-8-25(34)20-29(28)37-33(31)43)36-26-9-11-27(12-10-26)39(3)30(42)21-40-18-16-38(2)17-19-40/h4-13,20,31H,14-19,21H2,1-3H3,(H,35,41)(H,37,43). The Labute approximate surface area is 251 Å². The highest BCUT2D eigenvalue weighted by Crippen LogP contribution is 2.37. The lowest BCUT2D eigenvalue weighted by Gasteiger charge is -2.32. The van der Waals surface area contributed by atoms with Crippen LogP contribution in [0.1, 0.15) is 29.5 Å². The van der Waals surface area contributed by atoms with Crippen LogP contribution in [0.25, 0.3) is 0 Å². The fraction of sp³-hybridized carbons (Fsp3) is 0.333. The van der Waals surface area contributed by atoms with Crippen LogP contribution in [0.4, 0.5) is 21.5 Å². The second-order valence-corrected chi connectivity index (χ2v) is 11.1. The lowest BCUT2D eigenvalue weighted by atomic mass is 9.90. The summed E-state index contributed by atoms with van der Waals surface area (Å²) in [7, 11) is 3.86. The molecule has 224 valence electrons. The Morgan fingerprint density at radius 1 is 1.02 bits per heavy atom. The number of nitrogens with zero attached hydrogens (tertiary/aromatic N) is 4. The molecule has 2 aliphatic heterocycles. The number of nitrogens with one attached hydrogen (secondary N) is 2. The van der Waals surface area contributed by atoms with Gasteiger partial charge >= 0.3 is 0 Å². The Balaban J connectivity index is 1.39. The number of aliphatic imine (C=N–C) groups is 1. The number of rotatable bonds is 9. The highest BCUT2D eigenvalue weighted by atomic mass is 19.1. The van der Waals surface area contributed by atoms with E-state index in [2.05, 4.69) is 27.5 Å². The number of piperazine rings is 1. The van der Waals surface area contributed by atoms with Gasteiger partial charge in [0.1, 0.15) is 11.7 Å². The van der Waals surface area contributed by atoms with Crippen LogP contribution in [0.5, 0.6) is 0 Å². The number of carbonyl (C=O) groups is 3. The molecule has 2 aliphatic rings. The third-order valence-electron chi connectivity index (χ3n) is 7.97. The molecule has 3 amide bonds. The molecule has 43 heavy (non-hydrogen) atoms. The van der Waals surface area contributed by atoms with Gasteiger partial charge in [0, 0.05) is 58.1 Å². The Morgan fingerprint density at radius 3 is 2.40 bits per heavy atom. The number of halogens is 1. The van der Waals surface area contributed by atoms with Crippen molar-refractivity contribution in [1.29, 1.82) is 0 Å². The molecule has 0 aromatic heterocycles. The van der Waals surface area contributed by atoms with Crippen LogP contribution in [-0.2, 0) is 20.8 Å². The molecule has 0 spiro atoms. The molecule has 2 N–H and O–H groups in total. The molecule has 9 nitrogen and oxygen atoms in total. The lowest BCUT2D eigenvalue weighted by Crippen LogP contribution is -2.48. The monoisotopic (exact) mass is 584 g/mol. The predicted molar refractivity (Wildman–Crippen MR) is 167 cm³/mol. The number of fused-ring (bicyclic) bond motifs is 1. The molecule has 0 radical (unpaired) electrons. The molecular formula is C33H37FN6O3. The fourth-order valence-corrected chi connectivity index (χ4v) is 5.36. The zero-order chi connectivity index (χ0) is 30.5. The van der Waals surface area contributed by atoms with Crippen molar-refractivity contribution in [2.45, 2.75) is 19.3 Å².